The first kappa shape index (κ1) is 14.5. The second-order valence-corrected chi connectivity index (χ2v) is 5.09. The van der Waals surface area contributed by atoms with Gasteiger partial charge in [-0.15, -0.1) is 0 Å². The summed E-state index contributed by atoms with van der Waals surface area (Å²) in [6.45, 7) is 1.69. The number of piperidine rings is 1. The van der Waals surface area contributed by atoms with Crippen LogP contribution < -0.4 is 11.1 Å². The molecule has 1 aliphatic heterocycles. The van der Waals surface area contributed by atoms with Gasteiger partial charge in [0.05, 0.1) is 0 Å². The van der Waals surface area contributed by atoms with Gasteiger partial charge in [0.15, 0.2) is 0 Å². The van der Waals surface area contributed by atoms with Gasteiger partial charge < -0.3 is 16.0 Å². The molecule has 1 aromatic carbocycles. The molecule has 0 saturated carbocycles. The van der Waals surface area contributed by atoms with Crippen LogP contribution in [0.2, 0.25) is 0 Å². The summed E-state index contributed by atoms with van der Waals surface area (Å²) in [5.41, 5.74) is 7.22. The molecule has 5 nitrogen and oxygen atoms in total. The lowest BCUT2D eigenvalue weighted by Crippen LogP contribution is -2.42. The van der Waals surface area contributed by atoms with Gasteiger partial charge in [0, 0.05) is 38.2 Å². The Labute approximate surface area is 119 Å². The Morgan fingerprint density at radius 2 is 2.05 bits per heavy atom. The van der Waals surface area contributed by atoms with Crippen molar-refractivity contribution in [2.45, 2.75) is 19.4 Å². The molecule has 0 spiro atoms. The van der Waals surface area contributed by atoms with Crippen molar-refractivity contribution in [3.63, 3.8) is 0 Å². The molecule has 0 aromatic heterocycles. The van der Waals surface area contributed by atoms with Crippen molar-refractivity contribution in [2.75, 3.05) is 20.1 Å². The SMILES string of the molecule is CNC(=O)C1CCN(C(=O)c2cccc(CN)c2)CC1. The number of hydrogen-bond acceptors (Lipinski definition) is 3. The molecular weight excluding hydrogens is 254 g/mol. The Hall–Kier alpha value is -1.88. The van der Waals surface area contributed by atoms with Gasteiger partial charge in [-0.25, -0.2) is 0 Å². The summed E-state index contributed by atoms with van der Waals surface area (Å²) in [6.07, 6.45) is 1.45. The van der Waals surface area contributed by atoms with E-state index in [0.717, 1.165) is 18.4 Å². The van der Waals surface area contributed by atoms with Crippen molar-refractivity contribution in [3.8, 4) is 0 Å². The molecular formula is C15H21N3O2. The van der Waals surface area contributed by atoms with Crippen LogP contribution in [0, 0.1) is 5.92 Å². The van der Waals surface area contributed by atoms with Gasteiger partial charge >= 0.3 is 0 Å². The summed E-state index contributed by atoms with van der Waals surface area (Å²) < 4.78 is 0. The smallest absolute Gasteiger partial charge is 0.253 e. The van der Waals surface area contributed by atoms with Crippen LogP contribution in [-0.2, 0) is 11.3 Å². The fourth-order valence-corrected chi connectivity index (χ4v) is 2.56. The highest BCUT2D eigenvalue weighted by Crippen LogP contribution is 2.19. The maximum Gasteiger partial charge on any atom is 0.253 e. The first-order valence-electron chi connectivity index (χ1n) is 6.95. The molecule has 1 heterocycles. The molecule has 20 heavy (non-hydrogen) atoms. The number of nitrogens with one attached hydrogen (secondary N) is 1. The molecule has 0 aliphatic carbocycles. The Bertz CT molecular complexity index is 494. The zero-order chi connectivity index (χ0) is 14.5. The van der Waals surface area contributed by atoms with E-state index in [4.69, 9.17) is 5.73 Å². The van der Waals surface area contributed by atoms with Gasteiger partial charge in [0.2, 0.25) is 5.91 Å². The van der Waals surface area contributed by atoms with E-state index in [1.165, 1.54) is 0 Å². The fourth-order valence-electron chi connectivity index (χ4n) is 2.56. The molecule has 1 aliphatic rings. The molecule has 1 aromatic rings. The van der Waals surface area contributed by atoms with Gasteiger partial charge in [-0.2, -0.15) is 0 Å². The van der Waals surface area contributed by atoms with E-state index in [9.17, 15) is 9.59 Å². The van der Waals surface area contributed by atoms with Crippen molar-refractivity contribution < 1.29 is 9.59 Å². The van der Waals surface area contributed by atoms with E-state index in [0.29, 0.717) is 25.2 Å². The number of hydrogen-bond donors (Lipinski definition) is 2. The lowest BCUT2D eigenvalue weighted by Gasteiger charge is -2.31. The molecule has 0 bridgehead atoms. The van der Waals surface area contributed by atoms with Gasteiger partial charge in [0.25, 0.3) is 5.91 Å². The Balaban J connectivity index is 1.99. The van der Waals surface area contributed by atoms with Crippen LogP contribution in [0.1, 0.15) is 28.8 Å². The van der Waals surface area contributed by atoms with E-state index >= 15 is 0 Å². The van der Waals surface area contributed by atoms with Crippen LogP contribution in [0.25, 0.3) is 0 Å². The number of carbonyl (C=O) groups is 2. The zero-order valence-electron chi connectivity index (χ0n) is 11.8. The summed E-state index contributed by atoms with van der Waals surface area (Å²) in [5, 5.41) is 2.67. The summed E-state index contributed by atoms with van der Waals surface area (Å²) >= 11 is 0. The molecule has 0 unspecified atom stereocenters. The van der Waals surface area contributed by atoms with Gasteiger partial charge in [-0.3, -0.25) is 9.59 Å². The largest absolute Gasteiger partial charge is 0.359 e. The van der Waals surface area contributed by atoms with Crippen molar-refractivity contribution in [1.29, 1.82) is 0 Å². The molecule has 0 atom stereocenters. The number of amides is 2. The van der Waals surface area contributed by atoms with E-state index < -0.39 is 0 Å². The average Bonchev–Trinajstić information content (AvgIpc) is 2.53. The van der Waals surface area contributed by atoms with Crippen molar-refractivity contribution in [3.05, 3.63) is 35.4 Å². The molecule has 2 amide bonds. The molecule has 5 heteroatoms. The summed E-state index contributed by atoms with van der Waals surface area (Å²) in [6, 6.07) is 7.42. The second kappa shape index (κ2) is 6.52. The van der Waals surface area contributed by atoms with Crippen LogP contribution in [0.4, 0.5) is 0 Å². The number of carbonyl (C=O) groups excluding carboxylic acids is 2. The van der Waals surface area contributed by atoms with E-state index in [1.807, 2.05) is 29.2 Å². The fraction of sp³-hybridized carbons (Fsp3) is 0.467. The second-order valence-electron chi connectivity index (χ2n) is 5.09. The van der Waals surface area contributed by atoms with Crippen LogP contribution in [-0.4, -0.2) is 36.9 Å². The highest BCUT2D eigenvalue weighted by molar-refractivity contribution is 5.94. The van der Waals surface area contributed by atoms with Crippen molar-refractivity contribution >= 4 is 11.8 Å². The van der Waals surface area contributed by atoms with Crippen molar-refractivity contribution in [1.82, 2.24) is 10.2 Å². The average molecular weight is 275 g/mol. The molecule has 2 rings (SSSR count). The molecule has 0 radical (unpaired) electrons. The topological polar surface area (TPSA) is 75.4 Å². The van der Waals surface area contributed by atoms with E-state index in [1.54, 1.807) is 7.05 Å². The van der Waals surface area contributed by atoms with Crippen LogP contribution >= 0.6 is 0 Å². The molecule has 1 saturated heterocycles. The van der Waals surface area contributed by atoms with E-state index in [-0.39, 0.29) is 17.7 Å². The third-order valence-corrected chi connectivity index (χ3v) is 3.81. The molecule has 1 fully saturated rings. The first-order valence-corrected chi connectivity index (χ1v) is 6.95. The number of benzene rings is 1. The van der Waals surface area contributed by atoms with Gasteiger partial charge in [-0.1, -0.05) is 12.1 Å². The number of nitrogens with two attached hydrogens (primary N) is 1. The Kier molecular flexibility index (Phi) is 4.74. The monoisotopic (exact) mass is 275 g/mol. The summed E-state index contributed by atoms with van der Waals surface area (Å²) in [7, 11) is 1.65. The highest BCUT2D eigenvalue weighted by Gasteiger charge is 2.27. The summed E-state index contributed by atoms with van der Waals surface area (Å²) in [5.74, 6) is 0.123. The maximum atomic E-state index is 12.4. The lowest BCUT2D eigenvalue weighted by atomic mass is 9.95. The minimum atomic E-state index is 0.0238. The van der Waals surface area contributed by atoms with Gasteiger partial charge in [-0.05, 0) is 30.5 Å². The predicted molar refractivity (Wildman–Crippen MR) is 77.0 cm³/mol. The Morgan fingerprint density at radius 3 is 2.65 bits per heavy atom. The third-order valence-electron chi connectivity index (χ3n) is 3.81. The minimum absolute atomic E-state index is 0.0238. The normalized spacial score (nSPS) is 16.0. The highest BCUT2D eigenvalue weighted by atomic mass is 16.2. The predicted octanol–water partition coefficient (Wildman–Crippen LogP) is 0.743. The summed E-state index contributed by atoms with van der Waals surface area (Å²) in [4.78, 5) is 25.8. The lowest BCUT2D eigenvalue weighted by molar-refractivity contribution is -0.125. The van der Waals surface area contributed by atoms with E-state index in [2.05, 4.69) is 5.32 Å². The Morgan fingerprint density at radius 1 is 1.35 bits per heavy atom. The van der Waals surface area contributed by atoms with Crippen molar-refractivity contribution in [2.24, 2.45) is 11.7 Å². The zero-order valence-corrected chi connectivity index (χ0v) is 11.8. The standard InChI is InChI=1S/C15H21N3O2/c1-17-14(19)12-5-7-18(8-6-12)15(20)13-4-2-3-11(9-13)10-16/h2-4,9,12H,5-8,10,16H2,1H3,(H,17,19). The molecule has 108 valence electrons. The first-order chi connectivity index (χ1) is 9.65. The third kappa shape index (κ3) is 3.17. The minimum Gasteiger partial charge on any atom is -0.359 e. The van der Waals surface area contributed by atoms with Gasteiger partial charge in [0.1, 0.15) is 0 Å². The number of rotatable bonds is 3. The number of nitrogens with zero attached hydrogens (tertiary/aromatic N) is 1. The maximum absolute atomic E-state index is 12.4. The van der Waals surface area contributed by atoms with Crippen LogP contribution in [0.5, 0.6) is 0 Å². The van der Waals surface area contributed by atoms with Crippen LogP contribution in [0.3, 0.4) is 0 Å². The molecule has 3 N–H and O–H groups in total. The number of likely N-dealkylation sites (tertiary alicyclic amines) is 1. The van der Waals surface area contributed by atoms with Crippen LogP contribution in [0.15, 0.2) is 24.3 Å². The quantitative estimate of drug-likeness (QED) is 0.854.